The Morgan fingerprint density at radius 2 is 1.43 bits per heavy atom. The van der Waals surface area contributed by atoms with E-state index in [1.54, 1.807) is 4.90 Å². The van der Waals surface area contributed by atoms with Crippen LogP contribution in [0.2, 0.25) is 0 Å². The summed E-state index contributed by atoms with van der Waals surface area (Å²) >= 11 is 0. The summed E-state index contributed by atoms with van der Waals surface area (Å²) in [6, 6.07) is 15.6. The van der Waals surface area contributed by atoms with Crippen LogP contribution >= 0.6 is 0 Å². The van der Waals surface area contributed by atoms with Gasteiger partial charge in [0.15, 0.2) is 0 Å². The van der Waals surface area contributed by atoms with Crippen LogP contribution in [-0.2, 0) is 15.0 Å². The molecule has 28 heavy (non-hydrogen) atoms. The van der Waals surface area contributed by atoms with Gasteiger partial charge in [0.2, 0.25) is 11.8 Å². The Kier molecular flexibility index (Phi) is 6.84. The third kappa shape index (κ3) is 5.84. The van der Waals surface area contributed by atoms with Gasteiger partial charge in [-0.3, -0.25) is 9.59 Å². The number of carbonyl (C=O) groups is 2. The summed E-state index contributed by atoms with van der Waals surface area (Å²) in [7, 11) is 3.94. The molecule has 0 saturated heterocycles. The summed E-state index contributed by atoms with van der Waals surface area (Å²) in [5, 5.41) is 2.89. The van der Waals surface area contributed by atoms with Crippen LogP contribution in [0, 0.1) is 0 Å². The lowest BCUT2D eigenvalue weighted by Gasteiger charge is -2.23. The maximum Gasteiger partial charge on any atom is 0.226 e. The number of nitrogens with one attached hydrogen (secondary N) is 1. The largest absolute Gasteiger partial charge is 0.378 e. The van der Waals surface area contributed by atoms with Crippen LogP contribution in [0.4, 0.5) is 17.1 Å². The molecule has 0 atom stereocenters. The fraction of sp³-hybridized carbons (Fsp3) is 0.391. The highest BCUT2D eigenvalue weighted by Crippen LogP contribution is 2.25. The van der Waals surface area contributed by atoms with Gasteiger partial charge in [-0.05, 0) is 47.4 Å². The van der Waals surface area contributed by atoms with Gasteiger partial charge >= 0.3 is 0 Å². The quantitative estimate of drug-likeness (QED) is 0.805. The third-order valence-corrected chi connectivity index (χ3v) is 4.66. The van der Waals surface area contributed by atoms with Crippen LogP contribution in [0.15, 0.2) is 48.5 Å². The smallest absolute Gasteiger partial charge is 0.226 e. The molecule has 2 amide bonds. The van der Waals surface area contributed by atoms with Gasteiger partial charge in [-0.2, -0.15) is 0 Å². The van der Waals surface area contributed by atoms with Gasteiger partial charge in [0.1, 0.15) is 0 Å². The molecule has 2 rings (SSSR count). The number of benzene rings is 2. The molecule has 0 aliphatic heterocycles. The van der Waals surface area contributed by atoms with E-state index in [0.717, 1.165) is 17.1 Å². The van der Waals surface area contributed by atoms with Crippen molar-refractivity contribution in [3.63, 3.8) is 0 Å². The standard InChI is InChI=1S/C23H31N3O2/c1-17(27)26(21-11-7-18(8-12-21)23(2,3)4)16-15-22(28)24-19-9-13-20(14-10-19)25(5)6/h7-14H,15-16H2,1-6H3,(H,24,28). The second-order valence-corrected chi connectivity index (χ2v) is 8.21. The molecule has 0 aliphatic carbocycles. The van der Waals surface area contributed by atoms with Crippen molar-refractivity contribution in [3.05, 3.63) is 54.1 Å². The van der Waals surface area contributed by atoms with Crippen LogP contribution < -0.4 is 15.1 Å². The van der Waals surface area contributed by atoms with Crippen LogP contribution in [0.3, 0.4) is 0 Å². The highest BCUT2D eigenvalue weighted by molar-refractivity contribution is 5.94. The van der Waals surface area contributed by atoms with Gasteiger partial charge in [0.05, 0.1) is 0 Å². The van der Waals surface area contributed by atoms with Crippen molar-refractivity contribution in [1.29, 1.82) is 0 Å². The first kappa shape index (κ1) is 21.5. The van der Waals surface area contributed by atoms with E-state index >= 15 is 0 Å². The fourth-order valence-electron chi connectivity index (χ4n) is 2.89. The van der Waals surface area contributed by atoms with Crippen molar-refractivity contribution in [2.75, 3.05) is 35.8 Å². The first-order valence-corrected chi connectivity index (χ1v) is 9.54. The molecule has 5 nitrogen and oxygen atoms in total. The molecule has 0 unspecified atom stereocenters. The Labute approximate surface area is 168 Å². The molecule has 0 bridgehead atoms. The lowest BCUT2D eigenvalue weighted by atomic mass is 9.87. The number of hydrogen-bond donors (Lipinski definition) is 1. The van der Waals surface area contributed by atoms with Crippen molar-refractivity contribution in [2.24, 2.45) is 0 Å². The molecule has 0 radical (unpaired) electrons. The number of hydrogen-bond acceptors (Lipinski definition) is 3. The zero-order valence-corrected chi connectivity index (χ0v) is 17.7. The van der Waals surface area contributed by atoms with E-state index in [2.05, 4.69) is 26.1 Å². The minimum absolute atomic E-state index is 0.0571. The molecular weight excluding hydrogens is 350 g/mol. The number of anilines is 3. The molecule has 0 heterocycles. The van der Waals surface area contributed by atoms with Gasteiger partial charge in [-0.15, -0.1) is 0 Å². The third-order valence-electron chi connectivity index (χ3n) is 4.66. The van der Waals surface area contributed by atoms with Gasteiger partial charge < -0.3 is 15.1 Å². The second kappa shape index (κ2) is 8.91. The molecule has 1 N–H and O–H groups in total. The Hall–Kier alpha value is -2.82. The zero-order valence-electron chi connectivity index (χ0n) is 17.7. The Morgan fingerprint density at radius 1 is 0.893 bits per heavy atom. The minimum atomic E-state index is -0.116. The second-order valence-electron chi connectivity index (χ2n) is 8.21. The van der Waals surface area contributed by atoms with Gasteiger partial charge in [-0.1, -0.05) is 32.9 Å². The van der Waals surface area contributed by atoms with Crippen molar-refractivity contribution in [1.82, 2.24) is 0 Å². The molecule has 2 aromatic rings. The fourth-order valence-corrected chi connectivity index (χ4v) is 2.89. The molecule has 5 heteroatoms. The summed E-state index contributed by atoms with van der Waals surface area (Å²) < 4.78 is 0. The molecule has 2 aromatic carbocycles. The van der Waals surface area contributed by atoms with Gasteiger partial charge in [0.25, 0.3) is 0 Å². The molecular formula is C23H31N3O2. The summed E-state index contributed by atoms with van der Waals surface area (Å²) in [5.41, 5.74) is 3.89. The highest BCUT2D eigenvalue weighted by atomic mass is 16.2. The van der Waals surface area contributed by atoms with E-state index in [1.807, 2.05) is 67.5 Å². The van der Waals surface area contributed by atoms with E-state index in [-0.39, 0.29) is 23.7 Å². The topological polar surface area (TPSA) is 52.7 Å². The lowest BCUT2D eigenvalue weighted by Crippen LogP contribution is -2.32. The molecule has 0 aliphatic rings. The number of rotatable bonds is 6. The molecule has 0 aromatic heterocycles. The van der Waals surface area contributed by atoms with E-state index in [0.29, 0.717) is 6.54 Å². The van der Waals surface area contributed by atoms with Gasteiger partial charge in [0, 0.05) is 51.0 Å². The number of carbonyl (C=O) groups excluding carboxylic acids is 2. The van der Waals surface area contributed by atoms with E-state index in [4.69, 9.17) is 0 Å². The van der Waals surface area contributed by atoms with Crippen molar-refractivity contribution >= 4 is 28.9 Å². The minimum Gasteiger partial charge on any atom is -0.378 e. The molecule has 0 fully saturated rings. The van der Waals surface area contributed by atoms with Crippen LogP contribution in [-0.4, -0.2) is 32.5 Å². The predicted octanol–water partition coefficient (Wildman–Crippen LogP) is 4.43. The van der Waals surface area contributed by atoms with Crippen molar-refractivity contribution in [3.8, 4) is 0 Å². The Balaban J connectivity index is 1.99. The molecule has 0 spiro atoms. The normalized spacial score (nSPS) is 11.1. The molecule has 0 saturated carbocycles. The van der Waals surface area contributed by atoms with Crippen LogP contribution in [0.5, 0.6) is 0 Å². The average molecular weight is 382 g/mol. The van der Waals surface area contributed by atoms with Crippen molar-refractivity contribution in [2.45, 2.75) is 39.5 Å². The first-order valence-electron chi connectivity index (χ1n) is 9.54. The monoisotopic (exact) mass is 381 g/mol. The predicted molar refractivity (Wildman–Crippen MR) is 117 cm³/mol. The van der Waals surface area contributed by atoms with E-state index < -0.39 is 0 Å². The summed E-state index contributed by atoms with van der Waals surface area (Å²) in [5.74, 6) is -0.193. The maximum atomic E-state index is 12.3. The van der Waals surface area contributed by atoms with Crippen LogP contribution in [0.25, 0.3) is 0 Å². The zero-order chi connectivity index (χ0) is 20.9. The summed E-state index contributed by atoms with van der Waals surface area (Å²) in [6.45, 7) is 8.32. The number of amides is 2. The van der Waals surface area contributed by atoms with Crippen LogP contribution in [0.1, 0.15) is 39.7 Å². The molecule has 150 valence electrons. The highest BCUT2D eigenvalue weighted by Gasteiger charge is 2.17. The SMILES string of the molecule is CC(=O)N(CCC(=O)Nc1ccc(N(C)C)cc1)c1ccc(C(C)(C)C)cc1. The Morgan fingerprint density at radius 3 is 1.89 bits per heavy atom. The lowest BCUT2D eigenvalue weighted by molar-refractivity contribution is -0.117. The van der Waals surface area contributed by atoms with E-state index in [1.165, 1.54) is 12.5 Å². The maximum absolute atomic E-state index is 12.3. The Bertz CT molecular complexity index is 803. The average Bonchev–Trinajstić information content (AvgIpc) is 2.61. The summed E-state index contributed by atoms with van der Waals surface area (Å²) in [4.78, 5) is 28.0. The van der Waals surface area contributed by atoms with Crippen molar-refractivity contribution < 1.29 is 9.59 Å². The summed E-state index contributed by atoms with van der Waals surface area (Å²) in [6.07, 6.45) is 0.232. The number of nitrogens with zero attached hydrogens (tertiary/aromatic N) is 2. The first-order chi connectivity index (χ1) is 13.1. The van der Waals surface area contributed by atoms with Gasteiger partial charge in [-0.25, -0.2) is 0 Å². The van der Waals surface area contributed by atoms with E-state index in [9.17, 15) is 9.59 Å².